The zero-order valence-electron chi connectivity index (χ0n) is 14.4. The molecule has 2 atom stereocenters. The van der Waals surface area contributed by atoms with E-state index in [9.17, 15) is 4.79 Å². The first kappa shape index (κ1) is 17.3. The van der Waals surface area contributed by atoms with E-state index in [-0.39, 0.29) is 12.1 Å². The van der Waals surface area contributed by atoms with Gasteiger partial charge in [0.25, 0.3) is 0 Å². The lowest BCUT2D eigenvalue weighted by Gasteiger charge is -2.22. The van der Waals surface area contributed by atoms with Gasteiger partial charge in [-0.25, -0.2) is 9.78 Å². The van der Waals surface area contributed by atoms with Crippen LogP contribution in [0.1, 0.15) is 46.5 Å². The number of hydrogen-bond acceptors (Lipinski definition) is 4. The molecule has 23 heavy (non-hydrogen) atoms. The SMILES string of the molecule is CC(CNC(=O)OC(C)(C)C)NC(C)c1nc2ccccc2[nH]1. The zero-order valence-corrected chi connectivity index (χ0v) is 14.4. The third-order valence-electron chi connectivity index (χ3n) is 3.30. The molecule has 6 nitrogen and oxygen atoms in total. The lowest BCUT2D eigenvalue weighted by atomic mass is 10.2. The smallest absolute Gasteiger partial charge is 0.407 e. The van der Waals surface area contributed by atoms with Crippen molar-refractivity contribution >= 4 is 17.1 Å². The van der Waals surface area contributed by atoms with Crippen molar-refractivity contribution in [2.24, 2.45) is 0 Å². The van der Waals surface area contributed by atoms with E-state index in [1.807, 2.05) is 58.9 Å². The molecule has 2 rings (SSSR count). The molecule has 0 saturated carbocycles. The fourth-order valence-electron chi connectivity index (χ4n) is 2.29. The largest absolute Gasteiger partial charge is 0.444 e. The van der Waals surface area contributed by atoms with Gasteiger partial charge in [0.05, 0.1) is 17.1 Å². The summed E-state index contributed by atoms with van der Waals surface area (Å²) in [6.07, 6.45) is -0.400. The summed E-state index contributed by atoms with van der Waals surface area (Å²) in [7, 11) is 0. The summed E-state index contributed by atoms with van der Waals surface area (Å²) in [5.74, 6) is 0.885. The minimum atomic E-state index is -0.484. The van der Waals surface area contributed by atoms with Crippen molar-refractivity contribution in [2.75, 3.05) is 6.54 Å². The van der Waals surface area contributed by atoms with Gasteiger partial charge in [-0.15, -0.1) is 0 Å². The van der Waals surface area contributed by atoms with E-state index in [0.717, 1.165) is 16.9 Å². The van der Waals surface area contributed by atoms with Gasteiger partial charge in [0.1, 0.15) is 11.4 Å². The molecule has 0 aliphatic rings. The van der Waals surface area contributed by atoms with Gasteiger partial charge in [-0.05, 0) is 46.8 Å². The molecule has 1 aromatic heterocycles. The van der Waals surface area contributed by atoms with Gasteiger partial charge in [0.2, 0.25) is 0 Å². The summed E-state index contributed by atoms with van der Waals surface area (Å²) >= 11 is 0. The average Bonchev–Trinajstić information content (AvgIpc) is 2.87. The molecule has 0 radical (unpaired) electrons. The normalized spacial score (nSPS) is 14.5. The maximum Gasteiger partial charge on any atom is 0.407 e. The number of alkyl carbamates (subject to hydrolysis) is 1. The number of H-pyrrole nitrogens is 1. The van der Waals surface area contributed by atoms with E-state index in [4.69, 9.17) is 4.74 Å². The van der Waals surface area contributed by atoms with E-state index in [2.05, 4.69) is 20.6 Å². The van der Waals surface area contributed by atoms with Gasteiger partial charge >= 0.3 is 6.09 Å². The van der Waals surface area contributed by atoms with Gasteiger partial charge in [0, 0.05) is 12.6 Å². The molecular formula is C17H26N4O2. The highest BCUT2D eigenvalue weighted by atomic mass is 16.6. The van der Waals surface area contributed by atoms with Gasteiger partial charge in [-0.2, -0.15) is 0 Å². The highest BCUT2D eigenvalue weighted by Crippen LogP contribution is 2.15. The van der Waals surface area contributed by atoms with E-state index in [0.29, 0.717) is 6.54 Å². The van der Waals surface area contributed by atoms with Crippen LogP contribution in [-0.2, 0) is 4.74 Å². The topological polar surface area (TPSA) is 79.0 Å². The third kappa shape index (κ3) is 5.25. The highest BCUT2D eigenvalue weighted by molar-refractivity contribution is 5.74. The van der Waals surface area contributed by atoms with Crippen molar-refractivity contribution in [1.29, 1.82) is 0 Å². The fourth-order valence-corrected chi connectivity index (χ4v) is 2.29. The summed E-state index contributed by atoms with van der Waals surface area (Å²) in [6.45, 7) is 10.1. The van der Waals surface area contributed by atoms with Gasteiger partial charge < -0.3 is 20.4 Å². The Labute approximate surface area is 137 Å². The van der Waals surface area contributed by atoms with Crippen molar-refractivity contribution in [1.82, 2.24) is 20.6 Å². The first-order valence-corrected chi connectivity index (χ1v) is 7.92. The average molecular weight is 318 g/mol. The Morgan fingerprint density at radius 2 is 2.00 bits per heavy atom. The van der Waals surface area contributed by atoms with Crippen molar-refractivity contribution in [3.05, 3.63) is 30.1 Å². The zero-order chi connectivity index (χ0) is 17.0. The summed E-state index contributed by atoms with van der Waals surface area (Å²) in [6, 6.07) is 8.08. The molecule has 3 N–H and O–H groups in total. The van der Waals surface area contributed by atoms with Crippen molar-refractivity contribution < 1.29 is 9.53 Å². The Bertz CT molecular complexity index is 627. The number of nitrogens with one attached hydrogen (secondary N) is 3. The number of nitrogens with zero attached hydrogens (tertiary/aromatic N) is 1. The maximum absolute atomic E-state index is 11.7. The van der Waals surface area contributed by atoms with Crippen LogP contribution in [0.25, 0.3) is 11.0 Å². The third-order valence-corrected chi connectivity index (χ3v) is 3.30. The van der Waals surface area contributed by atoms with Gasteiger partial charge in [-0.1, -0.05) is 12.1 Å². The van der Waals surface area contributed by atoms with Crippen LogP contribution in [0.3, 0.4) is 0 Å². The Morgan fingerprint density at radius 3 is 2.65 bits per heavy atom. The molecule has 0 aliphatic carbocycles. The van der Waals surface area contributed by atoms with Crippen molar-refractivity contribution in [2.45, 2.75) is 52.3 Å². The van der Waals surface area contributed by atoms with E-state index in [1.165, 1.54) is 0 Å². The van der Waals surface area contributed by atoms with Gasteiger partial charge in [-0.3, -0.25) is 0 Å². The van der Waals surface area contributed by atoms with Crippen LogP contribution < -0.4 is 10.6 Å². The number of benzene rings is 1. The summed E-state index contributed by atoms with van der Waals surface area (Å²) < 4.78 is 5.22. The van der Waals surface area contributed by atoms with Crippen LogP contribution in [0, 0.1) is 0 Å². The number of carbonyl (C=O) groups excluding carboxylic acids is 1. The minimum absolute atomic E-state index is 0.0536. The van der Waals surface area contributed by atoms with E-state index >= 15 is 0 Å². The first-order chi connectivity index (χ1) is 10.7. The second-order valence-corrected chi connectivity index (χ2v) is 6.81. The molecule has 2 aromatic rings. The maximum atomic E-state index is 11.7. The second-order valence-electron chi connectivity index (χ2n) is 6.81. The molecule has 0 aliphatic heterocycles. The monoisotopic (exact) mass is 318 g/mol. The van der Waals surface area contributed by atoms with Crippen LogP contribution in [0.15, 0.2) is 24.3 Å². The first-order valence-electron chi connectivity index (χ1n) is 7.92. The standard InChI is InChI=1S/C17H26N4O2/c1-11(10-18-16(22)23-17(3,4)5)19-12(2)15-20-13-8-6-7-9-14(13)21-15/h6-9,11-12,19H,10H2,1-5H3,(H,18,22)(H,20,21). The molecule has 0 saturated heterocycles. The van der Waals surface area contributed by atoms with Crippen molar-refractivity contribution in [3.8, 4) is 0 Å². The Morgan fingerprint density at radius 1 is 1.30 bits per heavy atom. The Hall–Kier alpha value is -2.08. The molecular weight excluding hydrogens is 292 g/mol. The second kappa shape index (κ2) is 7.00. The lowest BCUT2D eigenvalue weighted by molar-refractivity contribution is 0.0522. The number of aromatic amines is 1. The highest BCUT2D eigenvalue weighted by Gasteiger charge is 2.17. The fraction of sp³-hybridized carbons (Fsp3) is 0.529. The van der Waals surface area contributed by atoms with Crippen LogP contribution in [0.2, 0.25) is 0 Å². The number of para-hydroxylation sites is 2. The number of imidazole rings is 1. The quantitative estimate of drug-likeness (QED) is 0.791. The number of fused-ring (bicyclic) bond motifs is 1. The number of rotatable bonds is 5. The lowest BCUT2D eigenvalue weighted by Crippen LogP contribution is -2.42. The Kier molecular flexibility index (Phi) is 5.26. The van der Waals surface area contributed by atoms with E-state index in [1.54, 1.807) is 0 Å². The molecule has 1 aromatic carbocycles. The van der Waals surface area contributed by atoms with Crippen LogP contribution in [0.5, 0.6) is 0 Å². The number of hydrogen-bond donors (Lipinski definition) is 3. The molecule has 1 heterocycles. The van der Waals surface area contributed by atoms with Crippen LogP contribution >= 0.6 is 0 Å². The molecule has 0 spiro atoms. The predicted octanol–water partition coefficient (Wildman–Crippen LogP) is 3.13. The molecule has 1 amide bonds. The number of carbonyl (C=O) groups is 1. The predicted molar refractivity (Wildman–Crippen MR) is 91.3 cm³/mol. The minimum Gasteiger partial charge on any atom is -0.444 e. The molecule has 0 bridgehead atoms. The van der Waals surface area contributed by atoms with Gasteiger partial charge in [0.15, 0.2) is 0 Å². The summed E-state index contributed by atoms with van der Waals surface area (Å²) in [4.78, 5) is 19.5. The van der Waals surface area contributed by atoms with Crippen LogP contribution in [0.4, 0.5) is 4.79 Å². The molecule has 6 heteroatoms. The van der Waals surface area contributed by atoms with Crippen LogP contribution in [-0.4, -0.2) is 34.2 Å². The molecule has 2 unspecified atom stereocenters. The summed E-state index contributed by atoms with van der Waals surface area (Å²) in [5.41, 5.74) is 1.49. The number of aromatic nitrogens is 2. The summed E-state index contributed by atoms with van der Waals surface area (Å²) in [5, 5.41) is 6.18. The molecule has 126 valence electrons. The Balaban J connectivity index is 1.84. The number of amides is 1. The molecule has 0 fully saturated rings. The van der Waals surface area contributed by atoms with Crippen molar-refractivity contribution in [3.63, 3.8) is 0 Å². The van der Waals surface area contributed by atoms with E-state index < -0.39 is 11.7 Å². The number of ether oxygens (including phenoxy) is 1.